The molecule has 1 aliphatic heterocycles. The van der Waals surface area contributed by atoms with Gasteiger partial charge in [0.2, 0.25) is 11.8 Å². The molecule has 4 nitrogen and oxygen atoms in total. The van der Waals surface area contributed by atoms with Gasteiger partial charge in [0.1, 0.15) is 0 Å². The first-order valence-corrected chi connectivity index (χ1v) is 11.5. The number of rotatable bonds is 4. The van der Waals surface area contributed by atoms with Crippen molar-refractivity contribution in [3.63, 3.8) is 0 Å². The van der Waals surface area contributed by atoms with Crippen molar-refractivity contribution in [2.45, 2.75) is 71.8 Å². The predicted molar refractivity (Wildman–Crippen MR) is 115 cm³/mol. The number of hydrogen-bond acceptors (Lipinski definition) is 2. The Kier molecular flexibility index (Phi) is 4.52. The first-order valence-electron chi connectivity index (χ1n) is 11.5. The Morgan fingerprint density at radius 1 is 1.10 bits per heavy atom. The van der Waals surface area contributed by atoms with E-state index >= 15 is 0 Å². The Morgan fingerprint density at radius 3 is 2.34 bits per heavy atom. The van der Waals surface area contributed by atoms with Crippen LogP contribution in [0.1, 0.15) is 63.0 Å². The van der Waals surface area contributed by atoms with Crippen molar-refractivity contribution in [2.75, 3.05) is 11.4 Å². The second kappa shape index (κ2) is 6.85. The van der Waals surface area contributed by atoms with Crippen LogP contribution in [0.4, 0.5) is 5.69 Å². The standard InChI is InChI=1S/C25H34N2O2/c1-15-5-4-6-22(16(15)2)27-14-21(10-23(27)28)24(29)26-17(3)25-11-18-7-19(12-25)9-20(8-18)13-25/h4-6,17-21H,7-14H2,1-3H3,(H,26,29). The van der Waals surface area contributed by atoms with E-state index in [9.17, 15) is 9.59 Å². The molecule has 4 bridgehead atoms. The zero-order chi connectivity index (χ0) is 20.3. The Bertz CT molecular complexity index is 810. The second-order valence-electron chi connectivity index (χ2n) is 10.6. The van der Waals surface area contributed by atoms with Gasteiger partial charge in [-0.25, -0.2) is 0 Å². The highest BCUT2D eigenvalue weighted by Crippen LogP contribution is 2.61. The maximum absolute atomic E-state index is 13.1. The molecule has 1 aromatic carbocycles. The predicted octanol–water partition coefficient (Wildman–Crippen LogP) is 4.38. The minimum Gasteiger partial charge on any atom is -0.353 e. The molecule has 1 aromatic rings. The number of aryl methyl sites for hydroxylation is 1. The summed E-state index contributed by atoms with van der Waals surface area (Å²) in [4.78, 5) is 27.7. The van der Waals surface area contributed by atoms with Crippen LogP contribution in [0.3, 0.4) is 0 Å². The van der Waals surface area contributed by atoms with E-state index in [0.717, 1.165) is 29.0 Å². The van der Waals surface area contributed by atoms with Crippen molar-refractivity contribution in [3.8, 4) is 0 Å². The van der Waals surface area contributed by atoms with E-state index in [-0.39, 0.29) is 23.8 Å². The highest BCUT2D eigenvalue weighted by Gasteiger charge is 2.53. The molecule has 1 saturated heterocycles. The fourth-order valence-corrected chi connectivity index (χ4v) is 7.34. The van der Waals surface area contributed by atoms with Gasteiger partial charge in [-0.05, 0) is 99.7 Å². The van der Waals surface area contributed by atoms with E-state index in [2.05, 4.69) is 32.2 Å². The van der Waals surface area contributed by atoms with E-state index in [1.54, 1.807) is 0 Å². The average molecular weight is 395 g/mol. The topological polar surface area (TPSA) is 49.4 Å². The summed E-state index contributed by atoms with van der Waals surface area (Å²) in [6, 6.07) is 6.27. The van der Waals surface area contributed by atoms with Crippen molar-refractivity contribution >= 4 is 17.5 Å². The number of carbonyl (C=O) groups excluding carboxylic acids is 2. The quantitative estimate of drug-likeness (QED) is 0.824. The molecule has 1 N–H and O–H groups in total. The third kappa shape index (κ3) is 3.19. The molecule has 0 spiro atoms. The van der Waals surface area contributed by atoms with Gasteiger partial charge < -0.3 is 10.2 Å². The summed E-state index contributed by atoms with van der Waals surface area (Å²) in [7, 11) is 0. The van der Waals surface area contributed by atoms with Crippen molar-refractivity contribution in [3.05, 3.63) is 29.3 Å². The smallest absolute Gasteiger partial charge is 0.227 e. The lowest BCUT2D eigenvalue weighted by molar-refractivity contribution is -0.130. The molecular weight excluding hydrogens is 360 g/mol. The molecule has 156 valence electrons. The van der Waals surface area contributed by atoms with Crippen LogP contribution in [-0.2, 0) is 9.59 Å². The van der Waals surface area contributed by atoms with E-state index in [1.165, 1.54) is 44.1 Å². The van der Waals surface area contributed by atoms with Gasteiger partial charge in [0.25, 0.3) is 0 Å². The first kappa shape index (κ1) is 19.1. The van der Waals surface area contributed by atoms with Gasteiger partial charge in [0.15, 0.2) is 0 Å². The first-order chi connectivity index (χ1) is 13.8. The Hall–Kier alpha value is -1.84. The molecule has 2 amide bonds. The van der Waals surface area contributed by atoms with Crippen LogP contribution in [0, 0.1) is 42.9 Å². The number of nitrogens with zero attached hydrogens (tertiary/aromatic N) is 1. The van der Waals surface area contributed by atoms with Crippen molar-refractivity contribution in [2.24, 2.45) is 29.1 Å². The highest BCUT2D eigenvalue weighted by molar-refractivity contribution is 6.01. The number of benzene rings is 1. The summed E-state index contributed by atoms with van der Waals surface area (Å²) >= 11 is 0. The summed E-state index contributed by atoms with van der Waals surface area (Å²) in [6.45, 7) is 6.85. The third-order valence-corrected chi connectivity index (χ3v) is 8.73. The van der Waals surface area contributed by atoms with E-state index in [1.807, 2.05) is 17.0 Å². The average Bonchev–Trinajstić information content (AvgIpc) is 3.04. The summed E-state index contributed by atoms with van der Waals surface area (Å²) in [5, 5.41) is 3.38. The molecule has 2 atom stereocenters. The monoisotopic (exact) mass is 394 g/mol. The van der Waals surface area contributed by atoms with Crippen LogP contribution in [0.15, 0.2) is 18.2 Å². The van der Waals surface area contributed by atoms with E-state index in [0.29, 0.717) is 18.4 Å². The van der Waals surface area contributed by atoms with Gasteiger partial charge in [0.05, 0.1) is 5.92 Å². The van der Waals surface area contributed by atoms with Crippen LogP contribution in [0.25, 0.3) is 0 Å². The maximum Gasteiger partial charge on any atom is 0.227 e. The molecule has 6 rings (SSSR count). The zero-order valence-corrected chi connectivity index (χ0v) is 18.0. The second-order valence-corrected chi connectivity index (χ2v) is 10.6. The number of carbonyl (C=O) groups is 2. The minimum absolute atomic E-state index is 0.0707. The normalized spacial score (nSPS) is 36.5. The number of nitrogens with one attached hydrogen (secondary N) is 1. The lowest BCUT2D eigenvalue weighted by Crippen LogP contribution is -2.56. The Labute approximate surface area is 174 Å². The number of anilines is 1. The number of amides is 2. The minimum atomic E-state index is -0.237. The van der Waals surface area contributed by atoms with Gasteiger partial charge in [-0.15, -0.1) is 0 Å². The molecule has 4 heteroatoms. The van der Waals surface area contributed by atoms with Gasteiger partial charge in [0, 0.05) is 24.7 Å². The van der Waals surface area contributed by atoms with Gasteiger partial charge in [-0.2, -0.15) is 0 Å². The maximum atomic E-state index is 13.1. The molecular formula is C25H34N2O2. The molecule has 4 saturated carbocycles. The van der Waals surface area contributed by atoms with E-state index in [4.69, 9.17) is 0 Å². The molecule has 2 unspecified atom stereocenters. The Balaban J connectivity index is 1.27. The lowest BCUT2D eigenvalue weighted by Gasteiger charge is -2.59. The fraction of sp³-hybridized carbons (Fsp3) is 0.680. The van der Waals surface area contributed by atoms with Crippen molar-refractivity contribution in [1.29, 1.82) is 0 Å². The molecule has 4 aliphatic carbocycles. The molecule has 0 radical (unpaired) electrons. The molecule has 5 aliphatic rings. The molecule has 1 heterocycles. The van der Waals surface area contributed by atoms with Crippen LogP contribution in [-0.4, -0.2) is 24.4 Å². The SMILES string of the molecule is Cc1cccc(N2CC(C(=O)NC(C)C34CC5CC(CC(C5)C3)C4)CC2=O)c1C. The highest BCUT2D eigenvalue weighted by atomic mass is 16.2. The van der Waals surface area contributed by atoms with Crippen molar-refractivity contribution in [1.82, 2.24) is 5.32 Å². The van der Waals surface area contributed by atoms with E-state index < -0.39 is 0 Å². The Morgan fingerprint density at radius 2 is 1.72 bits per heavy atom. The summed E-state index contributed by atoms with van der Waals surface area (Å²) in [6.07, 6.45) is 8.45. The van der Waals surface area contributed by atoms with Crippen LogP contribution in [0.5, 0.6) is 0 Å². The largest absolute Gasteiger partial charge is 0.353 e. The molecule has 29 heavy (non-hydrogen) atoms. The molecule has 0 aromatic heterocycles. The van der Waals surface area contributed by atoms with Gasteiger partial charge in [-0.3, -0.25) is 9.59 Å². The third-order valence-electron chi connectivity index (χ3n) is 8.73. The molecule has 5 fully saturated rings. The fourth-order valence-electron chi connectivity index (χ4n) is 7.34. The number of hydrogen-bond donors (Lipinski definition) is 1. The van der Waals surface area contributed by atoms with Crippen LogP contribution < -0.4 is 10.2 Å². The summed E-state index contributed by atoms with van der Waals surface area (Å²) in [5.41, 5.74) is 3.57. The van der Waals surface area contributed by atoms with Gasteiger partial charge >= 0.3 is 0 Å². The summed E-state index contributed by atoms with van der Waals surface area (Å²) in [5.74, 6) is 2.56. The van der Waals surface area contributed by atoms with Gasteiger partial charge in [-0.1, -0.05) is 12.1 Å². The summed E-state index contributed by atoms with van der Waals surface area (Å²) < 4.78 is 0. The van der Waals surface area contributed by atoms with Crippen LogP contribution >= 0.6 is 0 Å². The zero-order valence-electron chi connectivity index (χ0n) is 18.0. The lowest BCUT2D eigenvalue weighted by atomic mass is 9.48. The van der Waals surface area contributed by atoms with Crippen LogP contribution in [0.2, 0.25) is 0 Å². The van der Waals surface area contributed by atoms with Crippen molar-refractivity contribution < 1.29 is 9.59 Å².